The summed E-state index contributed by atoms with van der Waals surface area (Å²) in [6.07, 6.45) is 1.60. The van der Waals surface area contributed by atoms with Crippen molar-refractivity contribution in [3.63, 3.8) is 0 Å². The van der Waals surface area contributed by atoms with E-state index in [1.165, 1.54) is 0 Å². The molecule has 0 N–H and O–H groups in total. The number of carbonyl (C=O) groups is 1. The Bertz CT molecular complexity index is 766. The molecule has 2 aromatic rings. The lowest BCUT2D eigenvalue weighted by atomic mass is 10.1. The third-order valence-corrected chi connectivity index (χ3v) is 4.63. The van der Waals surface area contributed by atoms with E-state index in [0.717, 1.165) is 19.4 Å². The maximum atomic E-state index is 13.0. The van der Waals surface area contributed by atoms with Crippen molar-refractivity contribution < 1.29 is 14.3 Å². The fourth-order valence-corrected chi connectivity index (χ4v) is 3.26. The Kier molecular flexibility index (Phi) is 3.84. The number of amides is 1. The highest BCUT2D eigenvalue weighted by atomic mass is 35.5. The van der Waals surface area contributed by atoms with Gasteiger partial charge >= 0.3 is 0 Å². The lowest BCUT2D eigenvalue weighted by Crippen LogP contribution is -2.43. The first kappa shape index (κ1) is 15.3. The standard InChI is InChI=1S/C17H18ClN3O3/c1-2-11-10-20(14-6-3-5-12(18)16(14)24-11)17(22)13-9-15-21(19-13)7-4-8-23-15/h3,5-6,9,11H,2,4,7-8,10H2,1H3. The monoisotopic (exact) mass is 347 g/mol. The van der Waals surface area contributed by atoms with Crippen LogP contribution in [0.3, 0.4) is 0 Å². The van der Waals surface area contributed by atoms with Crippen LogP contribution >= 0.6 is 11.6 Å². The molecule has 4 rings (SSSR count). The fraction of sp³-hybridized carbons (Fsp3) is 0.412. The number of hydrogen-bond acceptors (Lipinski definition) is 4. The van der Waals surface area contributed by atoms with E-state index in [0.29, 0.717) is 41.2 Å². The number of anilines is 1. The zero-order chi connectivity index (χ0) is 16.7. The van der Waals surface area contributed by atoms with Gasteiger partial charge in [-0.25, -0.2) is 4.68 Å². The molecule has 24 heavy (non-hydrogen) atoms. The van der Waals surface area contributed by atoms with E-state index in [1.54, 1.807) is 21.7 Å². The number of ether oxygens (including phenoxy) is 2. The minimum atomic E-state index is -0.161. The molecular formula is C17H18ClN3O3. The SMILES string of the molecule is CCC1CN(C(=O)c2cc3n(n2)CCCO3)c2cccc(Cl)c2O1. The van der Waals surface area contributed by atoms with Crippen molar-refractivity contribution in [3.8, 4) is 11.6 Å². The maximum Gasteiger partial charge on any atom is 0.279 e. The topological polar surface area (TPSA) is 56.6 Å². The quantitative estimate of drug-likeness (QED) is 0.837. The molecule has 1 aromatic heterocycles. The predicted octanol–water partition coefficient (Wildman–Crippen LogP) is 3.14. The number of para-hydroxylation sites is 1. The van der Waals surface area contributed by atoms with Crippen molar-refractivity contribution in [2.45, 2.75) is 32.4 Å². The van der Waals surface area contributed by atoms with Crippen molar-refractivity contribution >= 4 is 23.2 Å². The number of aryl methyl sites for hydroxylation is 1. The molecule has 1 amide bonds. The van der Waals surface area contributed by atoms with Gasteiger partial charge in [0, 0.05) is 19.0 Å². The largest absolute Gasteiger partial charge is 0.485 e. The van der Waals surface area contributed by atoms with Gasteiger partial charge in [-0.1, -0.05) is 24.6 Å². The molecule has 3 heterocycles. The highest BCUT2D eigenvalue weighted by Crippen LogP contribution is 2.40. The van der Waals surface area contributed by atoms with Crippen molar-refractivity contribution in [1.82, 2.24) is 9.78 Å². The van der Waals surface area contributed by atoms with Gasteiger partial charge in [0.25, 0.3) is 5.91 Å². The molecule has 6 nitrogen and oxygen atoms in total. The average molecular weight is 348 g/mol. The van der Waals surface area contributed by atoms with Gasteiger partial charge in [0.15, 0.2) is 11.4 Å². The van der Waals surface area contributed by atoms with Crippen LogP contribution < -0.4 is 14.4 Å². The first-order valence-corrected chi connectivity index (χ1v) is 8.53. The summed E-state index contributed by atoms with van der Waals surface area (Å²) in [6, 6.07) is 7.14. The minimum absolute atomic E-state index is 0.0881. The van der Waals surface area contributed by atoms with Crippen molar-refractivity contribution in [2.75, 3.05) is 18.1 Å². The van der Waals surface area contributed by atoms with Crippen LogP contribution in [0.25, 0.3) is 0 Å². The van der Waals surface area contributed by atoms with E-state index >= 15 is 0 Å². The summed E-state index contributed by atoms with van der Waals surface area (Å²) in [4.78, 5) is 14.8. The minimum Gasteiger partial charge on any atom is -0.485 e. The summed E-state index contributed by atoms with van der Waals surface area (Å²) in [5, 5.41) is 4.91. The van der Waals surface area contributed by atoms with Crippen LogP contribution in [0.5, 0.6) is 11.6 Å². The molecule has 126 valence electrons. The molecule has 0 aliphatic carbocycles. The molecule has 1 aromatic carbocycles. The number of benzene rings is 1. The lowest BCUT2D eigenvalue weighted by Gasteiger charge is -2.34. The summed E-state index contributed by atoms with van der Waals surface area (Å²) in [7, 11) is 0. The van der Waals surface area contributed by atoms with Gasteiger partial charge < -0.3 is 9.47 Å². The molecule has 0 saturated heterocycles. The Labute approximate surface area is 144 Å². The number of aromatic nitrogens is 2. The van der Waals surface area contributed by atoms with Crippen LogP contribution in [-0.4, -0.2) is 34.9 Å². The smallest absolute Gasteiger partial charge is 0.279 e. The van der Waals surface area contributed by atoms with Crippen LogP contribution in [0, 0.1) is 0 Å². The normalized spacial score (nSPS) is 19.1. The van der Waals surface area contributed by atoms with E-state index in [2.05, 4.69) is 5.10 Å². The number of fused-ring (bicyclic) bond motifs is 2. The van der Waals surface area contributed by atoms with Crippen LogP contribution in [0.15, 0.2) is 24.3 Å². The lowest BCUT2D eigenvalue weighted by molar-refractivity contribution is 0.0949. The predicted molar refractivity (Wildman–Crippen MR) is 90.2 cm³/mol. The van der Waals surface area contributed by atoms with Gasteiger partial charge in [0.1, 0.15) is 6.10 Å². The number of carbonyl (C=O) groups excluding carboxylic acids is 1. The molecule has 2 aliphatic heterocycles. The summed E-state index contributed by atoms with van der Waals surface area (Å²) in [5.74, 6) is 1.05. The maximum absolute atomic E-state index is 13.0. The summed E-state index contributed by atoms with van der Waals surface area (Å²) < 4.78 is 13.2. The van der Waals surface area contributed by atoms with E-state index in [1.807, 2.05) is 19.1 Å². The van der Waals surface area contributed by atoms with Gasteiger partial charge in [-0.2, -0.15) is 5.10 Å². The Morgan fingerprint density at radius 1 is 1.46 bits per heavy atom. The molecular weight excluding hydrogens is 330 g/mol. The average Bonchev–Trinajstić information content (AvgIpc) is 3.05. The second-order valence-electron chi connectivity index (χ2n) is 5.94. The molecule has 0 radical (unpaired) electrons. The molecule has 0 fully saturated rings. The van der Waals surface area contributed by atoms with E-state index in [9.17, 15) is 4.79 Å². The molecule has 1 atom stereocenters. The molecule has 7 heteroatoms. The number of nitrogens with zero attached hydrogens (tertiary/aromatic N) is 3. The number of rotatable bonds is 2. The Balaban J connectivity index is 1.71. The van der Waals surface area contributed by atoms with E-state index in [4.69, 9.17) is 21.1 Å². The van der Waals surface area contributed by atoms with Crippen molar-refractivity contribution in [3.05, 3.63) is 35.0 Å². The Morgan fingerprint density at radius 2 is 2.33 bits per heavy atom. The van der Waals surface area contributed by atoms with Crippen LogP contribution in [0.1, 0.15) is 30.3 Å². The summed E-state index contributed by atoms with van der Waals surface area (Å²) >= 11 is 6.26. The van der Waals surface area contributed by atoms with Crippen molar-refractivity contribution in [2.24, 2.45) is 0 Å². The summed E-state index contributed by atoms with van der Waals surface area (Å²) in [6.45, 7) is 3.93. The fourth-order valence-electron chi connectivity index (χ4n) is 3.05. The molecule has 0 saturated carbocycles. The zero-order valence-corrected chi connectivity index (χ0v) is 14.1. The van der Waals surface area contributed by atoms with Crippen molar-refractivity contribution in [1.29, 1.82) is 0 Å². The van der Waals surface area contributed by atoms with Gasteiger partial charge in [0.05, 0.1) is 23.9 Å². The van der Waals surface area contributed by atoms with Gasteiger partial charge in [0.2, 0.25) is 5.88 Å². The second kappa shape index (κ2) is 6.02. The van der Waals surface area contributed by atoms with Crippen LogP contribution in [0.4, 0.5) is 5.69 Å². The second-order valence-corrected chi connectivity index (χ2v) is 6.35. The first-order valence-electron chi connectivity index (χ1n) is 8.15. The van der Waals surface area contributed by atoms with E-state index < -0.39 is 0 Å². The third-order valence-electron chi connectivity index (χ3n) is 4.33. The van der Waals surface area contributed by atoms with Gasteiger partial charge in [-0.15, -0.1) is 0 Å². The number of hydrogen-bond donors (Lipinski definition) is 0. The first-order chi connectivity index (χ1) is 11.7. The van der Waals surface area contributed by atoms with Gasteiger partial charge in [-0.3, -0.25) is 9.69 Å². The van der Waals surface area contributed by atoms with Crippen LogP contribution in [0.2, 0.25) is 5.02 Å². The molecule has 0 bridgehead atoms. The summed E-state index contributed by atoms with van der Waals surface area (Å²) in [5.41, 5.74) is 1.07. The van der Waals surface area contributed by atoms with E-state index in [-0.39, 0.29) is 12.0 Å². The molecule has 1 unspecified atom stereocenters. The Hall–Kier alpha value is -2.21. The zero-order valence-electron chi connectivity index (χ0n) is 13.4. The Morgan fingerprint density at radius 3 is 3.12 bits per heavy atom. The molecule has 0 spiro atoms. The third kappa shape index (κ3) is 2.51. The van der Waals surface area contributed by atoms with Gasteiger partial charge in [-0.05, 0) is 18.6 Å². The molecule has 2 aliphatic rings. The van der Waals surface area contributed by atoms with Crippen LogP contribution in [-0.2, 0) is 6.54 Å². The highest BCUT2D eigenvalue weighted by molar-refractivity contribution is 6.32. The highest BCUT2D eigenvalue weighted by Gasteiger charge is 2.32. The number of halogens is 1.